The smallest absolute Gasteiger partial charge is 0.288 e. The molecule has 7 heteroatoms. The molecular weight excluding hydrogens is 330 g/mol. The summed E-state index contributed by atoms with van der Waals surface area (Å²) in [7, 11) is 0. The van der Waals surface area contributed by atoms with Gasteiger partial charge in [-0.3, -0.25) is 14.6 Å². The molecule has 0 spiro atoms. The number of rotatable bonds is 4. The number of carbonyl (C=O) groups excluding carboxylic acids is 1. The van der Waals surface area contributed by atoms with Gasteiger partial charge in [-0.2, -0.15) is 5.10 Å². The lowest BCUT2D eigenvalue weighted by atomic mass is 10.2. The quantitative estimate of drug-likeness (QED) is 0.592. The number of H-pyrrole nitrogens is 1. The summed E-state index contributed by atoms with van der Waals surface area (Å²) in [6.07, 6.45) is 3.30. The first kappa shape index (κ1) is 16.0. The average molecular weight is 347 g/mol. The Hall–Kier alpha value is -3.48. The van der Waals surface area contributed by atoms with Gasteiger partial charge >= 0.3 is 0 Å². The molecule has 0 aliphatic rings. The van der Waals surface area contributed by atoms with Crippen LogP contribution in [0.3, 0.4) is 0 Å². The maximum atomic E-state index is 12.7. The molecule has 3 heterocycles. The number of fused-ring (bicyclic) bond motifs is 3. The molecule has 1 aromatic carbocycles. The Balaban J connectivity index is 1.75. The molecule has 3 aromatic heterocycles. The van der Waals surface area contributed by atoms with Gasteiger partial charge in [-0.25, -0.2) is 5.10 Å². The first-order chi connectivity index (χ1) is 12.7. The van der Waals surface area contributed by atoms with Crippen molar-refractivity contribution in [2.24, 2.45) is 0 Å². The van der Waals surface area contributed by atoms with Gasteiger partial charge in [-0.15, -0.1) is 0 Å². The van der Waals surface area contributed by atoms with Crippen LogP contribution < -0.4 is 10.9 Å². The molecule has 0 saturated carbocycles. The van der Waals surface area contributed by atoms with E-state index in [1.165, 1.54) is 0 Å². The summed E-state index contributed by atoms with van der Waals surface area (Å²) >= 11 is 0. The fraction of sp³-hybridized carbons (Fsp3) is 0.158. The van der Waals surface area contributed by atoms with Gasteiger partial charge in [0, 0.05) is 17.0 Å². The van der Waals surface area contributed by atoms with E-state index in [1.807, 2.05) is 42.5 Å². The van der Waals surface area contributed by atoms with Crippen LogP contribution in [0.4, 0.5) is 0 Å². The largest absolute Gasteiger partial charge is 0.349 e. The number of hydrogen-bond acceptors (Lipinski definition) is 4. The molecule has 0 unspecified atom stereocenters. The highest BCUT2D eigenvalue weighted by molar-refractivity contribution is 6.08. The van der Waals surface area contributed by atoms with Gasteiger partial charge in [-0.05, 0) is 25.1 Å². The second kappa shape index (κ2) is 6.44. The van der Waals surface area contributed by atoms with E-state index in [9.17, 15) is 9.59 Å². The Morgan fingerprint density at radius 3 is 2.81 bits per heavy atom. The molecule has 1 atom stereocenters. The van der Waals surface area contributed by atoms with Gasteiger partial charge in [-0.1, -0.05) is 24.3 Å². The lowest BCUT2D eigenvalue weighted by molar-refractivity contribution is -0.123. The van der Waals surface area contributed by atoms with Crippen molar-refractivity contribution in [2.45, 2.75) is 19.5 Å². The Bertz CT molecular complexity index is 1150. The third-order valence-electron chi connectivity index (χ3n) is 4.46. The molecule has 0 bridgehead atoms. The Morgan fingerprint density at radius 2 is 2.00 bits per heavy atom. The summed E-state index contributed by atoms with van der Waals surface area (Å²) in [4.78, 5) is 29.3. The van der Waals surface area contributed by atoms with Crippen LogP contribution in [0, 0.1) is 0 Å². The third kappa shape index (κ3) is 2.63. The lowest BCUT2D eigenvalue weighted by Crippen LogP contribution is -2.31. The van der Waals surface area contributed by atoms with Crippen molar-refractivity contribution >= 4 is 27.7 Å². The summed E-state index contributed by atoms with van der Waals surface area (Å²) in [6, 6.07) is 12.6. The van der Waals surface area contributed by atoms with E-state index in [0.29, 0.717) is 12.1 Å². The molecule has 26 heavy (non-hydrogen) atoms. The van der Waals surface area contributed by atoms with E-state index in [0.717, 1.165) is 22.0 Å². The van der Waals surface area contributed by atoms with Crippen LogP contribution in [-0.2, 0) is 11.3 Å². The molecular formula is C19H17N5O2. The molecule has 0 aliphatic heterocycles. The lowest BCUT2D eigenvalue weighted by Gasteiger charge is -2.16. The van der Waals surface area contributed by atoms with Gasteiger partial charge < -0.3 is 9.88 Å². The van der Waals surface area contributed by atoms with Gasteiger partial charge in [0.1, 0.15) is 11.6 Å². The zero-order chi connectivity index (χ0) is 18.1. The van der Waals surface area contributed by atoms with E-state index in [2.05, 4.69) is 20.5 Å². The van der Waals surface area contributed by atoms with Crippen LogP contribution >= 0.6 is 0 Å². The van der Waals surface area contributed by atoms with Crippen molar-refractivity contribution < 1.29 is 4.79 Å². The zero-order valence-corrected chi connectivity index (χ0v) is 14.1. The number of para-hydroxylation sites is 1. The van der Waals surface area contributed by atoms with Crippen molar-refractivity contribution in [3.63, 3.8) is 0 Å². The fourth-order valence-electron chi connectivity index (χ4n) is 3.21. The van der Waals surface area contributed by atoms with Gasteiger partial charge in [0.2, 0.25) is 5.91 Å². The molecule has 1 amide bonds. The number of amides is 1. The number of pyridine rings is 1. The summed E-state index contributed by atoms with van der Waals surface area (Å²) in [5.41, 5.74) is 1.73. The minimum atomic E-state index is -0.565. The number of benzene rings is 1. The maximum Gasteiger partial charge on any atom is 0.288 e. The van der Waals surface area contributed by atoms with E-state index in [4.69, 9.17) is 0 Å². The summed E-state index contributed by atoms with van der Waals surface area (Å²) in [6.45, 7) is 2.11. The monoisotopic (exact) mass is 347 g/mol. The number of nitrogens with zero attached hydrogens (tertiary/aromatic N) is 3. The Kier molecular flexibility index (Phi) is 3.96. The van der Waals surface area contributed by atoms with Crippen LogP contribution in [0.5, 0.6) is 0 Å². The Morgan fingerprint density at radius 1 is 1.19 bits per heavy atom. The molecule has 130 valence electrons. The first-order valence-electron chi connectivity index (χ1n) is 8.31. The second-order valence-electron chi connectivity index (χ2n) is 6.06. The van der Waals surface area contributed by atoms with E-state index < -0.39 is 6.04 Å². The van der Waals surface area contributed by atoms with Crippen LogP contribution in [-0.4, -0.2) is 25.7 Å². The number of nitrogens with one attached hydrogen (secondary N) is 2. The predicted octanol–water partition coefficient (Wildman–Crippen LogP) is 2.15. The molecule has 0 aliphatic carbocycles. The molecule has 0 saturated heterocycles. The van der Waals surface area contributed by atoms with E-state index in [-0.39, 0.29) is 11.5 Å². The summed E-state index contributed by atoms with van der Waals surface area (Å²) < 4.78 is 1.76. The average Bonchev–Trinajstić information content (AvgIpc) is 3.02. The standard InChI is InChI=1S/C19H17N5O2/c1-12(18(25)21-10-13-6-4-5-9-20-13)24-16-8-3-2-7-14(16)15-11-22-23-19(26)17(15)24/h2-9,11-12H,10H2,1H3,(H,21,25)(H,23,26)/t12-/m1/s1. The van der Waals surface area contributed by atoms with Crippen LogP contribution in [0.1, 0.15) is 18.7 Å². The number of aromatic nitrogens is 4. The topological polar surface area (TPSA) is 92.7 Å². The highest BCUT2D eigenvalue weighted by Crippen LogP contribution is 2.29. The predicted molar refractivity (Wildman–Crippen MR) is 98.7 cm³/mol. The fourth-order valence-corrected chi connectivity index (χ4v) is 3.21. The molecule has 0 fully saturated rings. The molecule has 2 N–H and O–H groups in total. The SMILES string of the molecule is C[C@H](C(=O)NCc1ccccn1)n1c2ccccc2c2cn[nH]c(=O)c21. The van der Waals surface area contributed by atoms with Gasteiger partial charge in [0.25, 0.3) is 5.56 Å². The number of carbonyl (C=O) groups is 1. The Labute approximate surface area is 148 Å². The minimum Gasteiger partial charge on any atom is -0.349 e. The van der Waals surface area contributed by atoms with Gasteiger partial charge in [0.15, 0.2) is 0 Å². The summed E-state index contributed by atoms with van der Waals surface area (Å²) in [5.74, 6) is -0.186. The van der Waals surface area contributed by atoms with Crippen molar-refractivity contribution in [3.8, 4) is 0 Å². The van der Waals surface area contributed by atoms with Crippen molar-refractivity contribution in [3.05, 3.63) is 70.9 Å². The highest BCUT2D eigenvalue weighted by atomic mass is 16.2. The van der Waals surface area contributed by atoms with Crippen molar-refractivity contribution in [2.75, 3.05) is 0 Å². The highest BCUT2D eigenvalue weighted by Gasteiger charge is 2.22. The maximum absolute atomic E-state index is 12.7. The zero-order valence-electron chi connectivity index (χ0n) is 14.1. The molecule has 0 radical (unpaired) electrons. The molecule has 4 aromatic rings. The van der Waals surface area contributed by atoms with Crippen molar-refractivity contribution in [1.29, 1.82) is 0 Å². The third-order valence-corrected chi connectivity index (χ3v) is 4.46. The second-order valence-corrected chi connectivity index (χ2v) is 6.06. The molecule has 4 rings (SSSR count). The van der Waals surface area contributed by atoms with Crippen LogP contribution in [0.25, 0.3) is 21.8 Å². The van der Waals surface area contributed by atoms with Crippen LogP contribution in [0.2, 0.25) is 0 Å². The minimum absolute atomic E-state index is 0.186. The van der Waals surface area contributed by atoms with Crippen molar-refractivity contribution in [1.82, 2.24) is 25.1 Å². The van der Waals surface area contributed by atoms with Crippen LogP contribution in [0.15, 0.2) is 59.7 Å². The normalized spacial score (nSPS) is 12.3. The molecule has 7 nitrogen and oxygen atoms in total. The number of hydrogen-bond donors (Lipinski definition) is 2. The van der Waals surface area contributed by atoms with Gasteiger partial charge in [0.05, 0.1) is 24.0 Å². The summed E-state index contributed by atoms with van der Waals surface area (Å²) in [5, 5.41) is 10.9. The number of aromatic amines is 1. The van der Waals surface area contributed by atoms with E-state index in [1.54, 1.807) is 23.9 Å². The van der Waals surface area contributed by atoms with E-state index >= 15 is 0 Å². The first-order valence-corrected chi connectivity index (χ1v) is 8.31.